The van der Waals surface area contributed by atoms with E-state index in [9.17, 15) is 4.79 Å². The lowest BCUT2D eigenvalue weighted by Gasteiger charge is -2.37. The third kappa shape index (κ3) is 3.15. The van der Waals surface area contributed by atoms with Gasteiger partial charge < -0.3 is 14.2 Å². The van der Waals surface area contributed by atoms with Crippen LogP contribution in [0.1, 0.15) is 29.1 Å². The second kappa shape index (κ2) is 6.68. The number of aromatic nitrogens is 2. The Labute approximate surface area is 149 Å². The topological polar surface area (TPSA) is 68.5 Å². The molecule has 1 aromatic carbocycles. The average Bonchev–Trinajstić information content (AvgIpc) is 3.26. The largest absolute Gasteiger partial charge is 0.494 e. The smallest absolute Gasteiger partial charge is 0.253 e. The molecule has 1 saturated heterocycles. The first kappa shape index (κ1) is 15.8. The monoisotopic (exact) mass is 355 g/mol. The molecule has 0 atom stereocenters. The molecule has 1 amide bonds. The molecule has 0 bridgehead atoms. The minimum atomic E-state index is 0.0110. The van der Waals surface area contributed by atoms with Gasteiger partial charge in [-0.2, -0.15) is 16.3 Å². The van der Waals surface area contributed by atoms with Gasteiger partial charge >= 0.3 is 0 Å². The number of carbonyl (C=O) groups is 1. The van der Waals surface area contributed by atoms with Crippen molar-refractivity contribution in [3.63, 3.8) is 0 Å². The summed E-state index contributed by atoms with van der Waals surface area (Å²) in [7, 11) is 0. The molecule has 7 heteroatoms. The first-order valence-electron chi connectivity index (χ1n) is 8.13. The number of hydrogen-bond donors (Lipinski definition) is 0. The van der Waals surface area contributed by atoms with Crippen LogP contribution >= 0.6 is 11.3 Å². The van der Waals surface area contributed by atoms with Gasteiger partial charge in [-0.1, -0.05) is 5.16 Å². The number of rotatable bonds is 5. The van der Waals surface area contributed by atoms with Crippen LogP contribution in [0.25, 0.3) is 11.4 Å². The molecule has 3 aromatic rings. The number of ether oxygens (including phenoxy) is 1. The summed E-state index contributed by atoms with van der Waals surface area (Å²) in [5.74, 6) is 2.08. The van der Waals surface area contributed by atoms with E-state index in [0.717, 1.165) is 11.3 Å². The Morgan fingerprint density at radius 2 is 2.12 bits per heavy atom. The molecule has 1 aliphatic heterocycles. The van der Waals surface area contributed by atoms with E-state index >= 15 is 0 Å². The van der Waals surface area contributed by atoms with Crippen molar-refractivity contribution in [2.45, 2.75) is 12.8 Å². The average molecular weight is 355 g/mol. The summed E-state index contributed by atoms with van der Waals surface area (Å²) < 4.78 is 10.8. The fourth-order valence-corrected chi connectivity index (χ4v) is 3.39. The predicted octanol–water partition coefficient (Wildman–Crippen LogP) is 3.44. The molecule has 0 unspecified atom stereocenters. The van der Waals surface area contributed by atoms with Gasteiger partial charge in [0.25, 0.3) is 5.91 Å². The molecule has 1 fully saturated rings. The van der Waals surface area contributed by atoms with E-state index in [0.29, 0.717) is 37.0 Å². The van der Waals surface area contributed by atoms with Gasteiger partial charge in [-0.15, -0.1) is 0 Å². The van der Waals surface area contributed by atoms with Crippen molar-refractivity contribution in [3.8, 4) is 17.1 Å². The van der Waals surface area contributed by atoms with Crippen molar-refractivity contribution in [3.05, 3.63) is 52.5 Å². The number of benzene rings is 1. The Hall–Kier alpha value is -2.67. The maximum Gasteiger partial charge on any atom is 0.253 e. The maximum absolute atomic E-state index is 12.5. The third-order valence-electron chi connectivity index (χ3n) is 4.15. The molecule has 3 heterocycles. The minimum Gasteiger partial charge on any atom is -0.494 e. The Kier molecular flexibility index (Phi) is 4.23. The van der Waals surface area contributed by atoms with E-state index in [1.165, 1.54) is 0 Å². The first-order chi connectivity index (χ1) is 12.2. The highest BCUT2D eigenvalue weighted by molar-refractivity contribution is 7.08. The normalized spacial score (nSPS) is 14.4. The number of thiophene rings is 1. The molecule has 0 aliphatic carbocycles. The van der Waals surface area contributed by atoms with Crippen molar-refractivity contribution in [2.75, 3.05) is 19.7 Å². The zero-order chi connectivity index (χ0) is 17.2. The molecule has 4 rings (SSSR count). The maximum atomic E-state index is 12.5. The Morgan fingerprint density at radius 3 is 2.80 bits per heavy atom. The van der Waals surface area contributed by atoms with E-state index in [1.807, 2.05) is 35.9 Å². The van der Waals surface area contributed by atoms with Crippen LogP contribution in [0.4, 0.5) is 0 Å². The lowest BCUT2D eigenvalue weighted by Crippen LogP contribution is -2.48. The lowest BCUT2D eigenvalue weighted by molar-refractivity contribution is 0.0569. The van der Waals surface area contributed by atoms with Crippen molar-refractivity contribution < 1.29 is 14.1 Å². The summed E-state index contributed by atoms with van der Waals surface area (Å²) in [5.41, 5.74) is 1.62. The van der Waals surface area contributed by atoms with Crippen molar-refractivity contribution in [1.82, 2.24) is 15.0 Å². The summed E-state index contributed by atoms with van der Waals surface area (Å²) in [5, 5.41) is 7.98. The Morgan fingerprint density at radius 1 is 1.32 bits per heavy atom. The van der Waals surface area contributed by atoms with Crippen LogP contribution in [0.5, 0.6) is 5.75 Å². The van der Waals surface area contributed by atoms with Gasteiger partial charge in [-0.05, 0) is 42.6 Å². The molecule has 0 N–H and O–H groups in total. The molecular formula is C18H17N3O3S. The highest BCUT2D eigenvalue weighted by Crippen LogP contribution is 2.29. The zero-order valence-corrected chi connectivity index (χ0v) is 14.5. The first-order valence-corrected chi connectivity index (χ1v) is 9.07. The van der Waals surface area contributed by atoms with Crippen LogP contribution in [0.3, 0.4) is 0 Å². The highest BCUT2D eigenvalue weighted by Gasteiger charge is 2.36. The van der Waals surface area contributed by atoms with E-state index in [-0.39, 0.29) is 11.8 Å². The third-order valence-corrected chi connectivity index (χ3v) is 4.83. The van der Waals surface area contributed by atoms with Crippen LogP contribution in [-0.4, -0.2) is 40.6 Å². The molecule has 2 aromatic heterocycles. The molecular weight excluding hydrogens is 338 g/mol. The summed E-state index contributed by atoms with van der Waals surface area (Å²) in [6, 6.07) is 9.18. The summed E-state index contributed by atoms with van der Waals surface area (Å²) >= 11 is 1.59. The number of carbonyl (C=O) groups excluding carboxylic acids is 1. The number of amides is 1. The fraction of sp³-hybridized carbons (Fsp3) is 0.278. The van der Waals surface area contributed by atoms with Gasteiger partial charge in [0.15, 0.2) is 0 Å². The van der Waals surface area contributed by atoms with Gasteiger partial charge in [0.1, 0.15) is 5.75 Å². The predicted molar refractivity (Wildman–Crippen MR) is 93.9 cm³/mol. The van der Waals surface area contributed by atoms with Gasteiger partial charge in [-0.3, -0.25) is 4.79 Å². The summed E-state index contributed by atoms with van der Waals surface area (Å²) in [6.45, 7) is 3.73. The van der Waals surface area contributed by atoms with E-state index in [2.05, 4.69) is 10.1 Å². The van der Waals surface area contributed by atoms with Crippen LogP contribution in [0, 0.1) is 0 Å². The molecule has 0 spiro atoms. The van der Waals surface area contributed by atoms with Crippen molar-refractivity contribution >= 4 is 17.2 Å². The molecule has 1 aliphatic rings. The van der Waals surface area contributed by atoms with Crippen LogP contribution in [-0.2, 0) is 0 Å². The van der Waals surface area contributed by atoms with Crippen molar-refractivity contribution in [1.29, 1.82) is 0 Å². The number of hydrogen-bond acceptors (Lipinski definition) is 6. The SMILES string of the molecule is CCOc1ccc(C(=O)N2CC(c3nc(-c4ccsc4)no3)C2)cc1. The van der Waals surface area contributed by atoms with Crippen LogP contribution in [0.2, 0.25) is 0 Å². The van der Waals surface area contributed by atoms with Gasteiger partial charge in [0.2, 0.25) is 11.7 Å². The lowest BCUT2D eigenvalue weighted by atomic mass is 9.98. The zero-order valence-electron chi connectivity index (χ0n) is 13.7. The Bertz CT molecular complexity index is 852. The van der Waals surface area contributed by atoms with E-state index in [4.69, 9.17) is 9.26 Å². The Balaban J connectivity index is 1.37. The van der Waals surface area contributed by atoms with Crippen LogP contribution < -0.4 is 4.74 Å². The molecule has 25 heavy (non-hydrogen) atoms. The van der Waals surface area contributed by atoms with Gasteiger partial charge in [-0.25, -0.2) is 0 Å². The highest BCUT2D eigenvalue weighted by atomic mass is 32.1. The molecule has 6 nitrogen and oxygen atoms in total. The molecule has 128 valence electrons. The minimum absolute atomic E-state index is 0.0110. The fourth-order valence-electron chi connectivity index (χ4n) is 2.75. The number of nitrogens with zero attached hydrogens (tertiary/aromatic N) is 3. The quantitative estimate of drug-likeness (QED) is 0.701. The van der Waals surface area contributed by atoms with E-state index < -0.39 is 0 Å². The van der Waals surface area contributed by atoms with Gasteiger partial charge in [0, 0.05) is 29.6 Å². The molecule has 0 saturated carbocycles. The second-order valence-electron chi connectivity index (χ2n) is 5.83. The van der Waals surface area contributed by atoms with Crippen molar-refractivity contribution in [2.24, 2.45) is 0 Å². The van der Waals surface area contributed by atoms with E-state index in [1.54, 1.807) is 28.4 Å². The molecule has 0 radical (unpaired) electrons. The standard InChI is InChI=1S/C18H17N3O3S/c1-2-23-15-5-3-12(4-6-15)18(22)21-9-14(10-21)17-19-16(20-24-17)13-7-8-25-11-13/h3-8,11,14H,2,9-10H2,1H3. The van der Waals surface area contributed by atoms with Gasteiger partial charge in [0.05, 0.1) is 12.5 Å². The summed E-state index contributed by atoms with van der Waals surface area (Å²) in [6.07, 6.45) is 0. The van der Waals surface area contributed by atoms with Crippen LogP contribution in [0.15, 0.2) is 45.6 Å². The second-order valence-corrected chi connectivity index (χ2v) is 6.61. The summed E-state index contributed by atoms with van der Waals surface area (Å²) in [4.78, 5) is 18.7. The number of likely N-dealkylation sites (tertiary alicyclic amines) is 1.